The minimum Gasteiger partial charge on any atom is -0.390 e. The molecule has 9 heteroatoms. The molecular weight excluding hydrogens is 668 g/mol. The molecule has 2 spiro atoms. The highest BCUT2D eigenvalue weighted by Crippen LogP contribution is 2.89. The van der Waals surface area contributed by atoms with Gasteiger partial charge in [-0.2, -0.15) is 0 Å². The van der Waals surface area contributed by atoms with Gasteiger partial charge >= 0.3 is 0 Å². The molecule has 302 valence electrons. The van der Waals surface area contributed by atoms with Crippen LogP contribution in [0.4, 0.5) is 0 Å². The molecule has 0 aromatic carbocycles. The second-order valence-electron chi connectivity index (χ2n) is 21.5. The summed E-state index contributed by atoms with van der Waals surface area (Å²) < 4.78 is 32.1. The van der Waals surface area contributed by atoms with Crippen molar-refractivity contribution in [1.29, 1.82) is 0 Å². The van der Waals surface area contributed by atoms with E-state index >= 15 is 0 Å². The number of aliphatic hydroxyl groups is 2. The van der Waals surface area contributed by atoms with E-state index < -0.39 is 17.8 Å². The van der Waals surface area contributed by atoms with Crippen LogP contribution in [-0.4, -0.2) is 127 Å². The Morgan fingerprint density at radius 3 is 2.28 bits per heavy atom. The maximum Gasteiger partial charge on any atom is 0.170 e. The molecule has 5 aliphatic carbocycles. The summed E-state index contributed by atoms with van der Waals surface area (Å²) in [5.74, 6) is 1.84. The predicted octanol–water partition coefficient (Wildman–Crippen LogP) is 5.88. The highest BCUT2D eigenvalue weighted by atomic mass is 16.7. The molecule has 0 aromatic rings. The van der Waals surface area contributed by atoms with Crippen LogP contribution in [0.15, 0.2) is 0 Å². The van der Waals surface area contributed by atoms with Gasteiger partial charge in [0.05, 0.1) is 55.9 Å². The first kappa shape index (κ1) is 38.2. The molecule has 4 heterocycles. The summed E-state index contributed by atoms with van der Waals surface area (Å²) in [6, 6.07) is 1.28. The molecule has 0 bridgehead atoms. The SMILES string of the molecule is CCO[C@@H](C1C[C@@H](C)[C@H]2C(O1)[C@H](O)C1(C)C3CC[C@H]4C(C)(C)[C@@H](O[C@H]5CN(C6CCN(C7COC7)CC6)CCO5)CC[C@@]45C[C@@]35CC[C@]21C)C(C)(C)O. The molecule has 14 atom stereocenters. The van der Waals surface area contributed by atoms with Crippen LogP contribution in [-0.2, 0) is 23.7 Å². The lowest BCUT2D eigenvalue weighted by Crippen LogP contribution is -2.60. The number of rotatable bonds is 8. The van der Waals surface area contributed by atoms with Crippen molar-refractivity contribution in [2.45, 2.75) is 174 Å². The largest absolute Gasteiger partial charge is 0.390 e. The zero-order valence-electron chi connectivity index (χ0n) is 34.5. The number of hydrogen-bond acceptors (Lipinski definition) is 9. The van der Waals surface area contributed by atoms with Gasteiger partial charge in [0.2, 0.25) is 0 Å². The van der Waals surface area contributed by atoms with Gasteiger partial charge in [-0.05, 0) is 130 Å². The van der Waals surface area contributed by atoms with Gasteiger partial charge in [0, 0.05) is 44.2 Å². The van der Waals surface area contributed by atoms with E-state index in [-0.39, 0.29) is 40.8 Å². The van der Waals surface area contributed by atoms with Crippen molar-refractivity contribution in [3.05, 3.63) is 0 Å². The number of hydrogen-bond donors (Lipinski definition) is 2. The lowest BCUT2D eigenvalue weighted by Gasteiger charge is -2.64. The fourth-order valence-electron chi connectivity index (χ4n) is 16.0. The van der Waals surface area contributed by atoms with Crippen LogP contribution < -0.4 is 0 Å². The molecule has 2 N–H and O–H groups in total. The Kier molecular flexibility index (Phi) is 9.42. The van der Waals surface area contributed by atoms with E-state index in [1.54, 1.807) is 0 Å². The standard InChI is InChI=1S/C44H74N2O7/c1-9-50-38(40(5,6)48)30-22-27(2)35-36(52-30)37(47)42(8)32-11-10-31-39(3,4)33(12-15-43(31)26-44(32,43)17-16-41(35,42)7)53-34-23-46(20-21-51-34)28-13-18-45(19-14-28)29-24-49-25-29/h27-38,47-48H,9-26H2,1-8H3/t27-,30?,31+,32?,33+,34+,35+,36?,37+,38+,41-,42?,43-,44+/m1/s1. The molecule has 5 saturated carbocycles. The normalized spacial score (nSPS) is 50.9. The van der Waals surface area contributed by atoms with Crippen molar-refractivity contribution in [3.63, 3.8) is 0 Å². The minimum absolute atomic E-state index is 0.0199. The van der Waals surface area contributed by atoms with Crippen LogP contribution >= 0.6 is 0 Å². The van der Waals surface area contributed by atoms with Gasteiger partial charge < -0.3 is 33.9 Å². The van der Waals surface area contributed by atoms with E-state index in [4.69, 9.17) is 23.7 Å². The Labute approximate surface area is 320 Å². The van der Waals surface area contributed by atoms with Gasteiger partial charge in [-0.25, -0.2) is 0 Å². The van der Waals surface area contributed by atoms with Crippen LogP contribution in [0.5, 0.6) is 0 Å². The summed E-state index contributed by atoms with van der Waals surface area (Å²) >= 11 is 0. The number of fused-ring (bicyclic) bond motifs is 4. The zero-order chi connectivity index (χ0) is 37.3. The van der Waals surface area contributed by atoms with Crippen LogP contribution in [0.1, 0.15) is 120 Å². The first-order valence-electron chi connectivity index (χ1n) is 22.1. The third kappa shape index (κ3) is 5.46. The third-order valence-corrected chi connectivity index (χ3v) is 18.7. The van der Waals surface area contributed by atoms with E-state index in [0.717, 1.165) is 45.8 Å². The third-order valence-electron chi connectivity index (χ3n) is 18.7. The highest BCUT2D eigenvalue weighted by Gasteiger charge is 2.84. The smallest absolute Gasteiger partial charge is 0.170 e. The Bertz CT molecular complexity index is 1360. The maximum atomic E-state index is 12.7. The summed E-state index contributed by atoms with van der Waals surface area (Å²) in [6.07, 6.45) is 10.6. The van der Waals surface area contributed by atoms with Gasteiger partial charge in [0.15, 0.2) is 6.29 Å². The maximum absolute atomic E-state index is 12.7. The molecule has 9 fully saturated rings. The second-order valence-corrected chi connectivity index (χ2v) is 21.5. The quantitative estimate of drug-likeness (QED) is 0.317. The first-order valence-corrected chi connectivity index (χ1v) is 22.1. The fraction of sp³-hybridized carbons (Fsp3) is 1.00. The topological polar surface area (TPSA) is 93.1 Å². The van der Waals surface area contributed by atoms with Crippen LogP contribution in [0, 0.1) is 50.7 Å². The number of likely N-dealkylation sites (tertiary alicyclic amines) is 1. The number of ether oxygens (including phenoxy) is 5. The van der Waals surface area contributed by atoms with Crippen LogP contribution in [0.2, 0.25) is 0 Å². The molecule has 0 amide bonds. The van der Waals surface area contributed by atoms with Gasteiger partial charge in [-0.15, -0.1) is 0 Å². The molecular formula is C44H74N2O7. The highest BCUT2D eigenvalue weighted by molar-refractivity contribution is 5.33. The summed E-state index contributed by atoms with van der Waals surface area (Å²) in [7, 11) is 0. The molecule has 9 nitrogen and oxygen atoms in total. The first-order chi connectivity index (χ1) is 25.1. The number of aliphatic hydroxyl groups excluding tert-OH is 1. The molecule has 0 aromatic heterocycles. The van der Waals surface area contributed by atoms with Crippen LogP contribution in [0.3, 0.4) is 0 Å². The van der Waals surface area contributed by atoms with E-state index in [2.05, 4.69) is 44.4 Å². The number of morpholine rings is 1. The molecule has 9 aliphatic rings. The van der Waals surface area contributed by atoms with Crippen LogP contribution in [0.25, 0.3) is 0 Å². The second kappa shape index (κ2) is 13.1. The monoisotopic (exact) mass is 743 g/mol. The van der Waals surface area contributed by atoms with Crippen molar-refractivity contribution in [2.75, 3.05) is 52.6 Å². The molecule has 9 rings (SSSR count). The Morgan fingerprint density at radius 2 is 1.60 bits per heavy atom. The number of piperidine rings is 1. The number of nitrogens with zero attached hydrogens (tertiary/aromatic N) is 2. The zero-order valence-corrected chi connectivity index (χ0v) is 34.5. The van der Waals surface area contributed by atoms with E-state index in [9.17, 15) is 10.2 Å². The van der Waals surface area contributed by atoms with Gasteiger partial charge in [0.1, 0.15) is 6.10 Å². The summed E-state index contributed by atoms with van der Waals surface area (Å²) in [5.41, 5.74) is -0.455. The summed E-state index contributed by atoms with van der Waals surface area (Å²) in [4.78, 5) is 5.32. The van der Waals surface area contributed by atoms with Crippen molar-refractivity contribution in [1.82, 2.24) is 9.80 Å². The van der Waals surface area contributed by atoms with Gasteiger partial charge in [-0.1, -0.05) is 34.6 Å². The average molecular weight is 743 g/mol. The van der Waals surface area contributed by atoms with Crippen molar-refractivity contribution < 1.29 is 33.9 Å². The summed E-state index contributed by atoms with van der Waals surface area (Å²) in [5, 5.41) is 23.8. The fourth-order valence-corrected chi connectivity index (χ4v) is 16.0. The minimum atomic E-state index is -1.01. The van der Waals surface area contributed by atoms with Crippen molar-refractivity contribution in [2.24, 2.45) is 50.7 Å². The van der Waals surface area contributed by atoms with E-state index in [1.165, 1.54) is 64.5 Å². The molecule has 4 aliphatic heterocycles. The molecule has 4 saturated heterocycles. The lowest BCUT2D eigenvalue weighted by molar-refractivity contribution is -0.252. The molecule has 53 heavy (non-hydrogen) atoms. The predicted molar refractivity (Wildman–Crippen MR) is 203 cm³/mol. The van der Waals surface area contributed by atoms with E-state index in [1.807, 2.05) is 20.8 Å². The molecule has 0 radical (unpaired) electrons. The average Bonchev–Trinajstić information content (AvgIpc) is 3.72. The Morgan fingerprint density at radius 1 is 0.887 bits per heavy atom. The van der Waals surface area contributed by atoms with E-state index in [0.29, 0.717) is 53.2 Å². The van der Waals surface area contributed by atoms with Crippen molar-refractivity contribution >= 4 is 0 Å². The van der Waals surface area contributed by atoms with Crippen molar-refractivity contribution in [3.8, 4) is 0 Å². The van der Waals surface area contributed by atoms with Gasteiger partial charge in [-0.3, -0.25) is 9.80 Å². The summed E-state index contributed by atoms with van der Waals surface area (Å²) in [6.45, 7) is 25.5. The Balaban J connectivity index is 0.892. The lowest BCUT2D eigenvalue weighted by atomic mass is 9.41. The van der Waals surface area contributed by atoms with Gasteiger partial charge in [0.25, 0.3) is 0 Å². The Hall–Kier alpha value is -0.360. The molecule has 4 unspecified atom stereocenters.